The molecule has 0 aromatic carbocycles. The molecule has 0 saturated carbocycles. The molecule has 4 rings (SSSR count). The third-order valence-electron chi connectivity index (χ3n) is 5.35. The van der Waals surface area contributed by atoms with Gasteiger partial charge < -0.3 is 31.5 Å². The average Bonchev–Trinajstić information content (AvgIpc) is 2.81. The first kappa shape index (κ1) is 32.8. The van der Waals surface area contributed by atoms with E-state index in [0.29, 0.717) is 18.1 Å². The summed E-state index contributed by atoms with van der Waals surface area (Å²) >= 11 is 0. The number of hydrogen-bond donors (Lipinski definition) is 2. The Morgan fingerprint density at radius 2 is 1.18 bits per heavy atom. The maximum atomic E-state index is 8.06. The number of aliphatic hydroxyl groups excluding tert-OH is 2. The summed E-state index contributed by atoms with van der Waals surface area (Å²) < 4.78 is 0. The molecule has 0 spiro atoms. The Morgan fingerprint density at radius 3 is 1.52 bits per heavy atom. The van der Waals surface area contributed by atoms with E-state index >= 15 is 0 Å². The van der Waals surface area contributed by atoms with Crippen LogP contribution in [0.4, 0.5) is 0 Å². The van der Waals surface area contributed by atoms with Gasteiger partial charge in [0.05, 0.1) is 0 Å². The minimum Gasteiger partial charge on any atom is -0.686 e. The third kappa shape index (κ3) is 17.8. The fourth-order valence-electron chi connectivity index (χ4n) is 3.94. The molecule has 6 nitrogen and oxygen atoms in total. The maximum Gasteiger partial charge on any atom is 4.00 e. The topological polar surface area (TPSA) is 96.9 Å². The maximum absolute atomic E-state index is 8.06. The predicted octanol–water partition coefficient (Wildman–Crippen LogP) is 6.35. The predicted molar refractivity (Wildman–Crippen MR) is 138 cm³/mol. The van der Waals surface area contributed by atoms with Crippen molar-refractivity contribution in [2.45, 2.75) is 116 Å². The summed E-state index contributed by atoms with van der Waals surface area (Å²) in [6.07, 6.45) is 17.7. The van der Waals surface area contributed by atoms with Crippen LogP contribution in [0.2, 0.25) is 0 Å². The Hall–Kier alpha value is -0.232. The van der Waals surface area contributed by atoms with Crippen LogP contribution in [0.3, 0.4) is 0 Å². The molecule has 0 bridgehead atoms. The van der Waals surface area contributed by atoms with Gasteiger partial charge in [-0.25, -0.2) is 0 Å². The Bertz CT molecular complexity index is 469. The van der Waals surface area contributed by atoms with Gasteiger partial charge in [-0.1, -0.05) is 69.9 Å². The van der Waals surface area contributed by atoms with E-state index in [-0.39, 0.29) is 33.3 Å². The molecule has 190 valence electrons. The Kier molecular flexibility index (Phi) is 20.9. The van der Waals surface area contributed by atoms with Gasteiger partial charge in [0.1, 0.15) is 0 Å². The number of piperidine rings is 3. The number of allylic oxidation sites excluding steroid dienone is 2. The average molecular weight is 545 g/mol. The van der Waals surface area contributed by atoms with E-state index in [4.69, 9.17) is 10.2 Å². The SMILES string of the molecule is C1=CC[N-]C(C2CCCC[N-]2)=C1.C1CCC(C2CCCC[N-]2)[N-]C1.CC(C)O.CC(C)O.[Mo+4]. The van der Waals surface area contributed by atoms with Crippen molar-refractivity contribution in [3.05, 3.63) is 45.2 Å². The molecule has 0 amide bonds. The van der Waals surface area contributed by atoms with Gasteiger partial charge in [0, 0.05) is 12.2 Å². The molecule has 4 aliphatic rings. The van der Waals surface area contributed by atoms with Gasteiger partial charge in [0.25, 0.3) is 0 Å². The molecule has 3 saturated heterocycles. The summed E-state index contributed by atoms with van der Waals surface area (Å²) in [6.45, 7) is 11.0. The number of nitrogens with zero attached hydrogens (tertiary/aromatic N) is 4. The molecule has 0 aromatic rings. The smallest absolute Gasteiger partial charge is 0.686 e. The van der Waals surface area contributed by atoms with Crippen LogP contribution in [0.15, 0.2) is 23.9 Å². The molecule has 3 fully saturated rings. The Balaban J connectivity index is 0.000000462. The van der Waals surface area contributed by atoms with Gasteiger partial charge in [-0.15, -0.1) is 38.3 Å². The Labute approximate surface area is 218 Å². The van der Waals surface area contributed by atoms with E-state index in [1.807, 2.05) is 0 Å². The minimum atomic E-state index is -0.167. The zero-order chi connectivity index (χ0) is 23.6. The standard InChI is InChI=1S/C10H18N2.C10H14N2.2C3H8O.Mo/c2*1-3-7-11-9(5-1)10-6-2-4-8-12-10;2*1-3(2)4;/h9-10H,1-8H2;1,3,5,10H,2,4,6-8H2;2*3-4H,1-2H3;/q2*-2;;;+4. The largest absolute Gasteiger partial charge is 4.00 e. The number of hydrogen-bond acceptors (Lipinski definition) is 2. The van der Waals surface area contributed by atoms with Gasteiger partial charge in [-0.2, -0.15) is 17.8 Å². The summed E-state index contributed by atoms with van der Waals surface area (Å²) in [4.78, 5) is 0. The van der Waals surface area contributed by atoms with Gasteiger partial charge >= 0.3 is 21.1 Å². The summed E-state index contributed by atoms with van der Waals surface area (Å²) in [7, 11) is 0. The normalized spacial score (nSPS) is 26.7. The van der Waals surface area contributed by atoms with E-state index in [9.17, 15) is 0 Å². The monoisotopic (exact) mass is 546 g/mol. The van der Waals surface area contributed by atoms with Gasteiger partial charge in [0.2, 0.25) is 0 Å². The van der Waals surface area contributed by atoms with Gasteiger partial charge in [-0.05, 0) is 27.7 Å². The van der Waals surface area contributed by atoms with Crippen molar-refractivity contribution < 1.29 is 31.3 Å². The quantitative estimate of drug-likeness (QED) is 0.396. The summed E-state index contributed by atoms with van der Waals surface area (Å²) in [5, 5.41) is 34.4. The van der Waals surface area contributed by atoms with E-state index in [1.54, 1.807) is 27.7 Å². The van der Waals surface area contributed by atoms with E-state index in [2.05, 4.69) is 39.5 Å². The van der Waals surface area contributed by atoms with Crippen molar-refractivity contribution in [3.63, 3.8) is 0 Å². The number of rotatable bonds is 2. The fourth-order valence-corrected chi connectivity index (χ4v) is 3.94. The van der Waals surface area contributed by atoms with E-state index < -0.39 is 0 Å². The second-order valence-electron chi connectivity index (χ2n) is 9.40. The molecule has 3 atom stereocenters. The zero-order valence-corrected chi connectivity index (χ0v) is 23.4. The second kappa shape index (κ2) is 21.1. The first-order valence-electron chi connectivity index (χ1n) is 12.8. The van der Waals surface area contributed by atoms with Crippen LogP contribution in [-0.2, 0) is 21.1 Å². The molecule has 7 heteroatoms. The van der Waals surface area contributed by atoms with E-state index in [0.717, 1.165) is 26.2 Å². The molecule has 4 aliphatic heterocycles. The summed E-state index contributed by atoms with van der Waals surface area (Å²) in [5.74, 6) is 0. The van der Waals surface area contributed by atoms with Crippen molar-refractivity contribution in [1.29, 1.82) is 0 Å². The zero-order valence-electron chi connectivity index (χ0n) is 21.4. The molecule has 3 unspecified atom stereocenters. The molecule has 4 heterocycles. The fraction of sp³-hybridized carbons (Fsp3) is 0.846. The van der Waals surface area contributed by atoms with Crippen LogP contribution in [0.25, 0.3) is 21.3 Å². The van der Waals surface area contributed by atoms with Crippen LogP contribution in [0.5, 0.6) is 0 Å². The van der Waals surface area contributed by atoms with Crippen LogP contribution in [-0.4, -0.2) is 66.7 Å². The van der Waals surface area contributed by atoms with Crippen molar-refractivity contribution >= 4 is 0 Å². The summed E-state index contributed by atoms with van der Waals surface area (Å²) in [5.41, 5.74) is 1.19. The second-order valence-corrected chi connectivity index (χ2v) is 9.40. The van der Waals surface area contributed by atoms with Crippen molar-refractivity contribution in [1.82, 2.24) is 0 Å². The van der Waals surface area contributed by atoms with Crippen LogP contribution >= 0.6 is 0 Å². The van der Waals surface area contributed by atoms with Crippen LogP contribution in [0.1, 0.15) is 85.5 Å². The molecular formula is C26H48MoN4O2. The minimum absolute atomic E-state index is 0. The Morgan fingerprint density at radius 1 is 0.727 bits per heavy atom. The van der Waals surface area contributed by atoms with Crippen LogP contribution in [0, 0.1) is 0 Å². The molecule has 33 heavy (non-hydrogen) atoms. The van der Waals surface area contributed by atoms with Crippen molar-refractivity contribution in [3.8, 4) is 0 Å². The third-order valence-corrected chi connectivity index (χ3v) is 5.35. The van der Waals surface area contributed by atoms with Crippen molar-refractivity contribution in [2.75, 3.05) is 26.2 Å². The first-order chi connectivity index (χ1) is 15.4. The van der Waals surface area contributed by atoms with Gasteiger partial charge in [0.15, 0.2) is 0 Å². The summed E-state index contributed by atoms with van der Waals surface area (Å²) in [6, 6.07) is 1.60. The van der Waals surface area contributed by atoms with Crippen LogP contribution < -0.4 is 0 Å². The van der Waals surface area contributed by atoms with Gasteiger partial charge in [-0.3, -0.25) is 0 Å². The molecule has 0 radical (unpaired) electrons. The molecule has 2 N–H and O–H groups in total. The number of aliphatic hydroxyl groups is 2. The molecular weight excluding hydrogens is 496 g/mol. The molecule has 0 aromatic heterocycles. The first-order valence-corrected chi connectivity index (χ1v) is 12.8. The van der Waals surface area contributed by atoms with Crippen molar-refractivity contribution in [2.24, 2.45) is 0 Å². The molecule has 0 aliphatic carbocycles. The van der Waals surface area contributed by atoms with E-state index in [1.165, 1.54) is 63.5 Å².